The van der Waals surface area contributed by atoms with Gasteiger partial charge in [-0.25, -0.2) is 4.68 Å². The molecule has 1 aliphatic carbocycles. The summed E-state index contributed by atoms with van der Waals surface area (Å²) in [6.45, 7) is 6.18. The third-order valence-electron chi connectivity index (χ3n) is 5.48. The van der Waals surface area contributed by atoms with Crippen LogP contribution >= 0.6 is 0 Å². The van der Waals surface area contributed by atoms with E-state index in [2.05, 4.69) is 4.90 Å². The standard InChI is InChI=1S/C25H31N3O3/c1-3-30-18-22(29)16-27(20-14-15-20)17-24-19(2)26-28(21-10-6-4-7-11-21)25(24)31-23-12-8-5-9-13-23/h4-13,20,22,29H,3,14-18H2,1-2H3. The second-order valence-electron chi connectivity index (χ2n) is 8.01. The minimum Gasteiger partial charge on any atom is -0.439 e. The highest BCUT2D eigenvalue weighted by molar-refractivity contribution is 5.43. The summed E-state index contributed by atoms with van der Waals surface area (Å²) in [5.41, 5.74) is 2.93. The van der Waals surface area contributed by atoms with Crippen molar-refractivity contribution in [2.24, 2.45) is 0 Å². The van der Waals surface area contributed by atoms with Crippen molar-refractivity contribution in [1.82, 2.24) is 14.7 Å². The van der Waals surface area contributed by atoms with Crippen molar-refractivity contribution in [3.63, 3.8) is 0 Å². The van der Waals surface area contributed by atoms with Gasteiger partial charge in [-0.15, -0.1) is 0 Å². The average molecular weight is 422 g/mol. The summed E-state index contributed by atoms with van der Waals surface area (Å²) in [4.78, 5) is 2.33. The lowest BCUT2D eigenvalue weighted by Crippen LogP contribution is -2.36. The van der Waals surface area contributed by atoms with E-state index in [0.717, 1.165) is 41.4 Å². The van der Waals surface area contributed by atoms with Gasteiger partial charge in [-0.1, -0.05) is 36.4 Å². The zero-order valence-electron chi connectivity index (χ0n) is 18.3. The molecule has 1 unspecified atom stereocenters. The Kier molecular flexibility index (Phi) is 7.02. The zero-order chi connectivity index (χ0) is 21.6. The van der Waals surface area contributed by atoms with E-state index in [4.69, 9.17) is 14.6 Å². The third kappa shape index (κ3) is 5.53. The Bertz CT molecular complexity index is 955. The van der Waals surface area contributed by atoms with Gasteiger partial charge in [0, 0.05) is 25.7 Å². The highest BCUT2D eigenvalue weighted by atomic mass is 16.5. The molecule has 3 aromatic rings. The summed E-state index contributed by atoms with van der Waals surface area (Å²) in [6.07, 6.45) is 1.80. The van der Waals surface area contributed by atoms with Crippen LogP contribution in [0.3, 0.4) is 0 Å². The Morgan fingerprint density at radius 3 is 2.42 bits per heavy atom. The first kappa shape index (κ1) is 21.6. The number of para-hydroxylation sites is 2. The van der Waals surface area contributed by atoms with Crippen LogP contribution in [0.5, 0.6) is 11.6 Å². The number of aliphatic hydroxyl groups excluding tert-OH is 1. The average Bonchev–Trinajstić information content (AvgIpc) is 3.60. The second kappa shape index (κ2) is 10.1. The lowest BCUT2D eigenvalue weighted by molar-refractivity contribution is 0.0177. The highest BCUT2D eigenvalue weighted by Crippen LogP contribution is 2.35. The monoisotopic (exact) mass is 421 g/mol. The molecule has 0 radical (unpaired) electrons. The van der Waals surface area contributed by atoms with Crippen LogP contribution in [0.25, 0.3) is 5.69 Å². The molecule has 0 aliphatic heterocycles. The molecule has 164 valence electrons. The van der Waals surface area contributed by atoms with Gasteiger partial charge in [0.05, 0.1) is 29.7 Å². The minimum absolute atomic E-state index is 0.356. The van der Waals surface area contributed by atoms with Crippen LogP contribution in [0, 0.1) is 6.92 Å². The Labute approximate surface area is 184 Å². The van der Waals surface area contributed by atoms with Gasteiger partial charge >= 0.3 is 0 Å². The third-order valence-corrected chi connectivity index (χ3v) is 5.48. The number of hydrogen-bond acceptors (Lipinski definition) is 5. The van der Waals surface area contributed by atoms with Crippen LogP contribution in [0.4, 0.5) is 0 Å². The maximum atomic E-state index is 10.4. The van der Waals surface area contributed by atoms with E-state index in [1.807, 2.05) is 79.2 Å². The summed E-state index contributed by atoms with van der Waals surface area (Å²) < 4.78 is 13.7. The molecule has 0 spiro atoms. The summed E-state index contributed by atoms with van der Waals surface area (Å²) in [5, 5.41) is 15.3. The molecule has 1 aromatic heterocycles. The predicted molar refractivity (Wildman–Crippen MR) is 121 cm³/mol. The molecule has 1 N–H and O–H groups in total. The van der Waals surface area contributed by atoms with Crippen molar-refractivity contribution in [3.8, 4) is 17.3 Å². The Morgan fingerprint density at radius 2 is 1.77 bits per heavy atom. The molecule has 1 fully saturated rings. The molecule has 6 nitrogen and oxygen atoms in total. The molecule has 0 saturated heterocycles. The summed E-state index contributed by atoms with van der Waals surface area (Å²) in [7, 11) is 0. The molecule has 0 amide bonds. The maximum Gasteiger partial charge on any atom is 0.227 e. The SMILES string of the molecule is CCOCC(O)CN(Cc1c(C)nn(-c2ccccc2)c1Oc1ccccc1)C1CC1. The molecule has 4 rings (SSSR count). The number of aromatic nitrogens is 2. The van der Waals surface area contributed by atoms with E-state index >= 15 is 0 Å². The fraction of sp³-hybridized carbons (Fsp3) is 0.400. The molecule has 1 heterocycles. The van der Waals surface area contributed by atoms with Gasteiger partial charge in [0.1, 0.15) is 5.75 Å². The summed E-state index contributed by atoms with van der Waals surface area (Å²) in [6, 6.07) is 20.3. The van der Waals surface area contributed by atoms with E-state index in [9.17, 15) is 5.11 Å². The van der Waals surface area contributed by atoms with Crippen LogP contribution < -0.4 is 4.74 Å². The molecule has 1 aliphatic rings. The van der Waals surface area contributed by atoms with Gasteiger partial charge in [0.25, 0.3) is 0 Å². The topological polar surface area (TPSA) is 59.8 Å². The lowest BCUT2D eigenvalue weighted by atomic mass is 10.2. The highest BCUT2D eigenvalue weighted by Gasteiger charge is 2.32. The molecule has 0 bridgehead atoms. The van der Waals surface area contributed by atoms with Crippen molar-refractivity contribution >= 4 is 0 Å². The fourth-order valence-electron chi connectivity index (χ4n) is 3.73. The fourth-order valence-corrected chi connectivity index (χ4v) is 3.73. The minimum atomic E-state index is -0.511. The van der Waals surface area contributed by atoms with Crippen molar-refractivity contribution in [2.45, 2.75) is 45.4 Å². The van der Waals surface area contributed by atoms with Crippen LogP contribution in [-0.4, -0.2) is 51.7 Å². The van der Waals surface area contributed by atoms with Crippen LogP contribution in [0.15, 0.2) is 60.7 Å². The van der Waals surface area contributed by atoms with Gasteiger partial charge in [-0.3, -0.25) is 4.90 Å². The number of aryl methyl sites for hydroxylation is 1. The number of benzene rings is 2. The number of ether oxygens (including phenoxy) is 2. The number of nitrogens with zero attached hydrogens (tertiary/aromatic N) is 3. The molecule has 6 heteroatoms. The van der Waals surface area contributed by atoms with Crippen molar-refractivity contribution in [3.05, 3.63) is 71.9 Å². The normalized spacial score (nSPS) is 14.7. The second-order valence-corrected chi connectivity index (χ2v) is 8.01. The van der Waals surface area contributed by atoms with Crippen LogP contribution in [0.1, 0.15) is 31.0 Å². The zero-order valence-corrected chi connectivity index (χ0v) is 18.3. The van der Waals surface area contributed by atoms with Crippen LogP contribution in [0.2, 0.25) is 0 Å². The van der Waals surface area contributed by atoms with E-state index in [1.165, 1.54) is 0 Å². The first-order chi connectivity index (χ1) is 15.2. The summed E-state index contributed by atoms with van der Waals surface area (Å²) >= 11 is 0. The first-order valence-corrected chi connectivity index (χ1v) is 11.0. The van der Waals surface area contributed by atoms with E-state index < -0.39 is 6.10 Å². The van der Waals surface area contributed by atoms with Gasteiger partial charge in [-0.05, 0) is 51.0 Å². The van der Waals surface area contributed by atoms with Gasteiger partial charge in [0.2, 0.25) is 5.88 Å². The molecular formula is C25H31N3O3. The van der Waals surface area contributed by atoms with E-state index in [-0.39, 0.29) is 0 Å². The Balaban J connectivity index is 1.64. The lowest BCUT2D eigenvalue weighted by Gasteiger charge is -2.25. The predicted octanol–water partition coefficient (Wildman–Crippen LogP) is 4.33. The van der Waals surface area contributed by atoms with E-state index in [1.54, 1.807) is 0 Å². The number of rotatable bonds is 11. The number of aliphatic hydroxyl groups is 1. The largest absolute Gasteiger partial charge is 0.439 e. The summed E-state index contributed by atoms with van der Waals surface area (Å²) in [5.74, 6) is 1.50. The van der Waals surface area contributed by atoms with E-state index in [0.29, 0.717) is 32.3 Å². The quantitative estimate of drug-likeness (QED) is 0.499. The Morgan fingerprint density at radius 1 is 1.10 bits per heavy atom. The van der Waals surface area contributed by atoms with Crippen molar-refractivity contribution in [2.75, 3.05) is 19.8 Å². The first-order valence-electron chi connectivity index (χ1n) is 11.0. The van der Waals surface area contributed by atoms with Crippen LogP contribution in [-0.2, 0) is 11.3 Å². The maximum absolute atomic E-state index is 10.4. The van der Waals surface area contributed by atoms with Crippen molar-refractivity contribution < 1.29 is 14.6 Å². The van der Waals surface area contributed by atoms with Gasteiger partial charge in [0.15, 0.2) is 0 Å². The molecule has 1 atom stereocenters. The van der Waals surface area contributed by atoms with Gasteiger partial charge < -0.3 is 14.6 Å². The van der Waals surface area contributed by atoms with Crippen molar-refractivity contribution in [1.29, 1.82) is 0 Å². The molecular weight excluding hydrogens is 390 g/mol. The molecule has 31 heavy (non-hydrogen) atoms. The number of hydrogen-bond donors (Lipinski definition) is 1. The Hall–Kier alpha value is -2.67. The smallest absolute Gasteiger partial charge is 0.227 e. The molecule has 1 saturated carbocycles. The molecule has 2 aromatic carbocycles. The van der Waals surface area contributed by atoms with Gasteiger partial charge in [-0.2, -0.15) is 5.10 Å².